The van der Waals surface area contributed by atoms with E-state index < -0.39 is 0 Å². The van der Waals surface area contributed by atoms with Crippen LogP contribution < -0.4 is 5.73 Å². The van der Waals surface area contributed by atoms with E-state index >= 15 is 0 Å². The summed E-state index contributed by atoms with van der Waals surface area (Å²) >= 11 is 0. The number of aliphatic imine (C=N–C) groups is 1. The van der Waals surface area contributed by atoms with Crippen LogP contribution in [0.25, 0.3) is 0 Å². The average molecular weight is 293 g/mol. The fourth-order valence-electron chi connectivity index (χ4n) is 2.85. The summed E-state index contributed by atoms with van der Waals surface area (Å²) in [6, 6.07) is 0. The van der Waals surface area contributed by atoms with Crippen molar-refractivity contribution in [3.8, 4) is 0 Å². The Balaban J connectivity index is 1.94. The molecule has 1 aliphatic heterocycles. The van der Waals surface area contributed by atoms with Gasteiger partial charge in [0.2, 0.25) is 0 Å². The summed E-state index contributed by atoms with van der Waals surface area (Å²) < 4.78 is 0. The first-order valence-electron chi connectivity index (χ1n) is 8.93. The number of nitrogens with two attached hydrogens (primary N) is 1. The average Bonchev–Trinajstić information content (AvgIpc) is 2.93. The van der Waals surface area contributed by atoms with E-state index in [0.717, 1.165) is 19.4 Å². The topological polar surface area (TPSA) is 41.6 Å². The van der Waals surface area contributed by atoms with Crippen molar-refractivity contribution in [3.05, 3.63) is 12.2 Å². The second kappa shape index (κ2) is 11.9. The molecule has 0 aromatic carbocycles. The molecular formula is C18H35N3. The lowest BCUT2D eigenvalue weighted by Crippen LogP contribution is -2.43. The molecule has 2 unspecified atom stereocenters. The smallest absolute Gasteiger partial charge is 0.103 e. The molecule has 3 heteroatoms. The molecule has 0 saturated carbocycles. The molecule has 1 heterocycles. The van der Waals surface area contributed by atoms with E-state index in [1.807, 2.05) is 13.1 Å². The number of allylic oxidation sites excluding steroid dienone is 2. The molecule has 0 bridgehead atoms. The Morgan fingerprint density at radius 3 is 2.52 bits per heavy atom. The first-order valence-corrected chi connectivity index (χ1v) is 8.93. The molecule has 0 aromatic heterocycles. The van der Waals surface area contributed by atoms with Gasteiger partial charge in [-0.3, -0.25) is 9.89 Å². The molecule has 21 heavy (non-hydrogen) atoms. The third-order valence-corrected chi connectivity index (χ3v) is 4.21. The van der Waals surface area contributed by atoms with Gasteiger partial charge in [0.15, 0.2) is 0 Å². The number of rotatable bonds is 12. The summed E-state index contributed by atoms with van der Waals surface area (Å²) in [5.41, 5.74) is 5.94. The lowest BCUT2D eigenvalue weighted by molar-refractivity contribution is 0.186. The van der Waals surface area contributed by atoms with E-state index in [2.05, 4.69) is 29.0 Å². The maximum Gasteiger partial charge on any atom is 0.103 e. The summed E-state index contributed by atoms with van der Waals surface area (Å²) in [4.78, 5) is 6.76. The van der Waals surface area contributed by atoms with Gasteiger partial charge in [0.1, 0.15) is 6.17 Å². The maximum absolute atomic E-state index is 5.94. The first-order chi connectivity index (χ1) is 10.3. The van der Waals surface area contributed by atoms with E-state index in [9.17, 15) is 0 Å². The van der Waals surface area contributed by atoms with Crippen molar-refractivity contribution >= 4 is 6.21 Å². The van der Waals surface area contributed by atoms with E-state index in [1.165, 1.54) is 51.4 Å². The molecule has 0 fully saturated rings. The molecule has 0 amide bonds. The number of hydrogen-bond donors (Lipinski definition) is 1. The van der Waals surface area contributed by atoms with Crippen molar-refractivity contribution in [2.24, 2.45) is 10.7 Å². The molecule has 0 radical (unpaired) electrons. The molecule has 3 nitrogen and oxygen atoms in total. The van der Waals surface area contributed by atoms with Crippen LogP contribution in [0.2, 0.25) is 0 Å². The minimum Gasteiger partial charge on any atom is -0.316 e. The second-order valence-corrected chi connectivity index (χ2v) is 6.21. The van der Waals surface area contributed by atoms with Crippen LogP contribution in [0.3, 0.4) is 0 Å². The van der Waals surface area contributed by atoms with Crippen LogP contribution in [0.5, 0.6) is 0 Å². The zero-order valence-corrected chi connectivity index (χ0v) is 14.1. The molecular weight excluding hydrogens is 258 g/mol. The van der Waals surface area contributed by atoms with Gasteiger partial charge in [0, 0.05) is 12.8 Å². The highest BCUT2D eigenvalue weighted by atomic mass is 15.3. The molecule has 1 aliphatic rings. The largest absolute Gasteiger partial charge is 0.316 e. The van der Waals surface area contributed by atoms with Crippen molar-refractivity contribution in [2.45, 2.75) is 90.4 Å². The van der Waals surface area contributed by atoms with Gasteiger partial charge >= 0.3 is 0 Å². The Morgan fingerprint density at radius 1 is 1.14 bits per heavy atom. The molecule has 1 rings (SSSR count). The summed E-state index contributed by atoms with van der Waals surface area (Å²) in [5.74, 6) is 0. The van der Waals surface area contributed by atoms with Crippen LogP contribution in [-0.2, 0) is 0 Å². The summed E-state index contributed by atoms with van der Waals surface area (Å²) in [7, 11) is 0. The third-order valence-electron chi connectivity index (χ3n) is 4.21. The minimum atomic E-state index is 0.106. The highest BCUT2D eigenvalue weighted by molar-refractivity contribution is 5.62. The zero-order valence-electron chi connectivity index (χ0n) is 14.1. The summed E-state index contributed by atoms with van der Waals surface area (Å²) in [5, 5.41) is 0. The zero-order chi connectivity index (χ0) is 15.3. The Bertz CT molecular complexity index is 297. The number of hydrogen-bond acceptors (Lipinski definition) is 3. The molecule has 0 spiro atoms. The van der Waals surface area contributed by atoms with Crippen LogP contribution in [0, 0.1) is 0 Å². The Kier molecular flexibility index (Phi) is 10.4. The van der Waals surface area contributed by atoms with Crippen LogP contribution in [0.15, 0.2) is 17.1 Å². The van der Waals surface area contributed by atoms with Gasteiger partial charge in [0.05, 0.1) is 6.17 Å². The lowest BCUT2D eigenvalue weighted by atomic mass is 10.1. The molecule has 2 N–H and O–H groups in total. The predicted octanol–water partition coefficient (Wildman–Crippen LogP) is 4.48. The fourth-order valence-corrected chi connectivity index (χ4v) is 2.85. The van der Waals surface area contributed by atoms with E-state index in [0.29, 0.717) is 6.17 Å². The van der Waals surface area contributed by atoms with E-state index in [1.54, 1.807) is 0 Å². The van der Waals surface area contributed by atoms with Crippen LogP contribution in [-0.4, -0.2) is 30.0 Å². The monoisotopic (exact) mass is 293 g/mol. The molecule has 0 aliphatic carbocycles. The Labute approximate surface area is 131 Å². The Morgan fingerprint density at radius 2 is 1.81 bits per heavy atom. The highest BCUT2D eigenvalue weighted by Crippen LogP contribution is 2.15. The van der Waals surface area contributed by atoms with Crippen LogP contribution in [0.4, 0.5) is 0 Å². The normalized spacial score (nSPS) is 20.6. The third kappa shape index (κ3) is 8.37. The SMILES string of the molecule is CCCCCCCCC/C=C/CCC1N=CCN1C(C)N. The van der Waals surface area contributed by atoms with Gasteiger partial charge in [0.25, 0.3) is 0 Å². The standard InChI is InChI=1S/C18H35N3/c1-3-4-5-6-7-8-9-10-11-12-13-14-18-20-15-16-21(18)17(2)19/h11-12,15,17-18H,3-10,13-14,16,19H2,1-2H3/b12-11+. The van der Waals surface area contributed by atoms with Gasteiger partial charge in [-0.2, -0.15) is 0 Å². The molecule has 2 atom stereocenters. The van der Waals surface area contributed by atoms with Crippen LogP contribution >= 0.6 is 0 Å². The van der Waals surface area contributed by atoms with Crippen LogP contribution in [0.1, 0.15) is 78.1 Å². The van der Waals surface area contributed by atoms with Gasteiger partial charge in [-0.1, -0.05) is 57.6 Å². The minimum absolute atomic E-state index is 0.106. The van der Waals surface area contributed by atoms with Crippen molar-refractivity contribution in [1.82, 2.24) is 4.90 Å². The van der Waals surface area contributed by atoms with Crippen molar-refractivity contribution in [2.75, 3.05) is 6.54 Å². The maximum atomic E-state index is 5.94. The quantitative estimate of drug-likeness (QED) is 0.426. The fraction of sp³-hybridized carbons (Fsp3) is 0.833. The van der Waals surface area contributed by atoms with Crippen molar-refractivity contribution < 1.29 is 0 Å². The van der Waals surface area contributed by atoms with Gasteiger partial charge in [-0.15, -0.1) is 0 Å². The summed E-state index contributed by atoms with van der Waals surface area (Å²) in [6.45, 7) is 5.22. The lowest BCUT2D eigenvalue weighted by Gasteiger charge is -2.26. The van der Waals surface area contributed by atoms with Gasteiger partial charge in [-0.05, 0) is 32.6 Å². The van der Waals surface area contributed by atoms with Gasteiger partial charge < -0.3 is 5.73 Å². The first kappa shape index (κ1) is 18.4. The molecule has 0 aromatic rings. The summed E-state index contributed by atoms with van der Waals surface area (Å²) in [6.07, 6.45) is 20.2. The number of unbranched alkanes of at least 4 members (excludes halogenated alkanes) is 7. The highest BCUT2D eigenvalue weighted by Gasteiger charge is 2.22. The molecule has 0 saturated heterocycles. The predicted molar refractivity (Wildman–Crippen MR) is 93.6 cm³/mol. The van der Waals surface area contributed by atoms with E-state index in [4.69, 9.17) is 5.73 Å². The number of nitrogens with zero attached hydrogens (tertiary/aromatic N) is 2. The van der Waals surface area contributed by atoms with Gasteiger partial charge in [-0.25, -0.2) is 0 Å². The second-order valence-electron chi connectivity index (χ2n) is 6.21. The Hall–Kier alpha value is -0.670. The molecule has 122 valence electrons. The van der Waals surface area contributed by atoms with E-state index in [-0.39, 0.29) is 6.17 Å². The van der Waals surface area contributed by atoms with Crippen molar-refractivity contribution in [3.63, 3.8) is 0 Å². The van der Waals surface area contributed by atoms with Crippen molar-refractivity contribution in [1.29, 1.82) is 0 Å².